The van der Waals surface area contributed by atoms with E-state index in [1.165, 1.54) is 0 Å². The van der Waals surface area contributed by atoms with Gasteiger partial charge >= 0.3 is 0 Å². The third-order valence-electron chi connectivity index (χ3n) is 1.77. The molecule has 0 spiro atoms. The Kier molecular flexibility index (Phi) is 3.24. The number of rotatable bonds is 2. The second-order valence-electron chi connectivity index (χ2n) is 3.51. The number of halogens is 1. The first-order valence-electron chi connectivity index (χ1n) is 4.35. The third-order valence-corrected chi connectivity index (χ3v) is 2.07. The van der Waals surface area contributed by atoms with Crippen molar-refractivity contribution in [1.82, 2.24) is 0 Å². The second kappa shape index (κ2) is 4.26. The van der Waals surface area contributed by atoms with Gasteiger partial charge in [-0.05, 0) is 32.0 Å². The molecular formula is C12H10ClNO. The average molecular weight is 220 g/mol. The Morgan fingerprint density at radius 2 is 2.13 bits per heavy atom. The highest BCUT2D eigenvalue weighted by Gasteiger charge is 2.17. The summed E-state index contributed by atoms with van der Waals surface area (Å²) in [5.74, 6) is 2.98. The highest BCUT2D eigenvalue weighted by molar-refractivity contribution is 6.32. The Morgan fingerprint density at radius 3 is 2.60 bits per heavy atom. The summed E-state index contributed by atoms with van der Waals surface area (Å²) in [5, 5.41) is 9.04. The zero-order valence-electron chi connectivity index (χ0n) is 8.54. The minimum absolute atomic E-state index is 0.386. The van der Waals surface area contributed by atoms with Crippen LogP contribution in [0.5, 0.6) is 5.75 Å². The molecule has 0 saturated carbocycles. The zero-order chi connectivity index (χ0) is 11.5. The van der Waals surface area contributed by atoms with E-state index in [0.717, 1.165) is 0 Å². The lowest BCUT2D eigenvalue weighted by Gasteiger charge is -2.20. The summed E-state index contributed by atoms with van der Waals surface area (Å²) >= 11 is 5.93. The Bertz CT molecular complexity index is 452. The second-order valence-corrected chi connectivity index (χ2v) is 3.92. The summed E-state index contributed by atoms with van der Waals surface area (Å²) in [7, 11) is 0. The Morgan fingerprint density at radius 1 is 1.47 bits per heavy atom. The van der Waals surface area contributed by atoms with E-state index in [1.807, 2.05) is 6.07 Å². The number of terminal acetylenes is 1. The predicted octanol–water partition coefficient (Wildman–Crippen LogP) is 3.00. The maximum Gasteiger partial charge on any atom is 0.163 e. The zero-order valence-corrected chi connectivity index (χ0v) is 9.30. The number of nitrogens with zero attached hydrogens (tertiary/aromatic N) is 1. The Balaban J connectivity index is 3.00. The molecule has 15 heavy (non-hydrogen) atoms. The van der Waals surface area contributed by atoms with Crippen LogP contribution in [0.2, 0.25) is 5.02 Å². The van der Waals surface area contributed by atoms with Gasteiger partial charge in [-0.1, -0.05) is 17.5 Å². The number of hydrogen-bond acceptors (Lipinski definition) is 2. The van der Waals surface area contributed by atoms with Crippen molar-refractivity contribution in [2.75, 3.05) is 0 Å². The standard InChI is InChI=1S/C12H10ClNO/c1-4-12(2,3)15-11-6-5-9(8-14)7-10(11)13/h1,5-7H,2-3H3. The molecule has 0 atom stereocenters. The molecule has 0 aliphatic heterocycles. The van der Waals surface area contributed by atoms with Gasteiger partial charge < -0.3 is 4.74 Å². The number of benzene rings is 1. The SMILES string of the molecule is C#CC(C)(C)Oc1ccc(C#N)cc1Cl. The van der Waals surface area contributed by atoms with Crippen LogP contribution in [0, 0.1) is 23.7 Å². The van der Waals surface area contributed by atoms with Crippen LogP contribution >= 0.6 is 11.6 Å². The van der Waals surface area contributed by atoms with Crippen molar-refractivity contribution in [3.8, 4) is 24.2 Å². The average Bonchev–Trinajstić information content (AvgIpc) is 2.21. The van der Waals surface area contributed by atoms with Gasteiger partial charge in [-0.2, -0.15) is 5.26 Å². The van der Waals surface area contributed by atoms with Gasteiger partial charge in [0.25, 0.3) is 0 Å². The fourth-order valence-electron chi connectivity index (χ4n) is 0.958. The topological polar surface area (TPSA) is 33.0 Å². The minimum Gasteiger partial charge on any atom is -0.474 e. The van der Waals surface area contributed by atoms with E-state index >= 15 is 0 Å². The molecule has 0 aliphatic rings. The first kappa shape index (κ1) is 11.4. The molecule has 1 aromatic carbocycles. The van der Waals surface area contributed by atoms with Crippen molar-refractivity contribution < 1.29 is 4.74 Å². The third kappa shape index (κ3) is 2.91. The molecule has 1 aromatic rings. The minimum atomic E-state index is -0.711. The molecular weight excluding hydrogens is 210 g/mol. The van der Waals surface area contributed by atoms with Crippen LogP contribution in [0.25, 0.3) is 0 Å². The molecule has 3 heteroatoms. The number of ether oxygens (including phenoxy) is 1. The fraction of sp³-hybridized carbons (Fsp3) is 0.250. The molecule has 0 fully saturated rings. The molecule has 0 N–H and O–H groups in total. The van der Waals surface area contributed by atoms with Crippen molar-refractivity contribution in [2.24, 2.45) is 0 Å². The van der Waals surface area contributed by atoms with E-state index in [0.29, 0.717) is 16.3 Å². The molecule has 0 bridgehead atoms. The smallest absolute Gasteiger partial charge is 0.163 e. The molecule has 0 unspecified atom stereocenters. The highest BCUT2D eigenvalue weighted by Crippen LogP contribution is 2.28. The maximum absolute atomic E-state index is 8.65. The van der Waals surface area contributed by atoms with Gasteiger partial charge in [-0.3, -0.25) is 0 Å². The first-order valence-corrected chi connectivity index (χ1v) is 4.73. The van der Waals surface area contributed by atoms with Crippen molar-refractivity contribution in [1.29, 1.82) is 5.26 Å². The summed E-state index contributed by atoms with van der Waals surface area (Å²) in [6, 6.07) is 6.81. The lowest BCUT2D eigenvalue weighted by atomic mass is 10.1. The van der Waals surface area contributed by atoms with Crippen LogP contribution in [0.3, 0.4) is 0 Å². The van der Waals surface area contributed by atoms with Gasteiger partial charge in [0.05, 0.1) is 16.7 Å². The molecule has 0 amide bonds. The summed E-state index contributed by atoms with van der Waals surface area (Å²) in [4.78, 5) is 0. The van der Waals surface area contributed by atoms with Crippen LogP contribution in [0.1, 0.15) is 19.4 Å². The van der Waals surface area contributed by atoms with Crippen molar-refractivity contribution in [2.45, 2.75) is 19.4 Å². The number of nitriles is 1. The van der Waals surface area contributed by atoms with Crippen LogP contribution in [-0.2, 0) is 0 Å². The summed E-state index contributed by atoms with van der Waals surface area (Å²) < 4.78 is 5.50. The summed E-state index contributed by atoms with van der Waals surface area (Å²) in [6.45, 7) is 3.53. The van der Waals surface area contributed by atoms with E-state index in [-0.39, 0.29) is 0 Å². The highest BCUT2D eigenvalue weighted by atomic mass is 35.5. The lowest BCUT2D eigenvalue weighted by molar-refractivity contribution is 0.173. The molecule has 76 valence electrons. The van der Waals surface area contributed by atoms with E-state index in [4.69, 9.17) is 28.0 Å². The van der Waals surface area contributed by atoms with E-state index in [9.17, 15) is 0 Å². The van der Waals surface area contributed by atoms with E-state index < -0.39 is 5.60 Å². The van der Waals surface area contributed by atoms with Crippen LogP contribution in [0.4, 0.5) is 0 Å². The molecule has 0 heterocycles. The Hall–Kier alpha value is -1.64. The Labute approximate surface area is 94.4 Å². The van der Waals surface area contributed by atoms with E-state index in [2.05, 4.69) is 5.92 Å². The first-order chi connectivity index (χ1) is 6.98. The lowest BCUT2D eigenvalue weighted by Crippen LogP contribution is -2.25. The van der Waals surface area contributed by atoms with Crippen molar-refractivity contribution in [3.63, 3.8) is 0 Å². The van der Waals surface area contributed by atoms with Gasteiger partial charge in [0.15, 0.2) is 5.60 Å². The van der Waals surface area contributed by atoms with Gasteiger partial charge in [0.1, 0.15) is 5.75 Å². The van der Waals surface area contributed by atoms with Gasteiger partial charge in [0, 0.05) is 0 Å². The maximum atomic E-state index is 8.65. The van der Waals surface area contributed by atoms with Crippen molar-refractivity contribution in [3.05, 3.63) is 28.8 Å². The number of hydrogen-bond donors (Lipinski definition) is 0. The van der Waals surface area contributed by atoms with Gasteiger partial charge in [0.2, 0.25) is 0 Å². The molecule has 0 aliphatic carbocycles. The van der Waals surface area contributed by atoms with Crippen molar-refractivity contribution >= 4 is 11.6 Å². The molecule has 2 nitrogen and oxygen atoms in total. The summed E-state index contributed by atoms with van der Waals surface area (Å²) in [5.41, 5.74) is -0.219. The quantitative estimate of drug-likeness (QED) is 0.717. The normalized spacial score (nSPS) is 10.2. The van der Waals surface area contributed by atoms with Crippen LogP contribution in [-0.4, -0.2) is 5.60 Å². The monoisotopic (exact) mass is 219 g/mol. The fourth-order valence-corrected chi connectivity index (χ4v) is 1.18. The van der Waals surface area contributed by atoms with Gasteiger partial charge in [-0.15, -0.1) is 6.42 Å². The molecule has 0 saturated heterocycles. The van der Waals surface area contributed by atoms with Crippen LogP contribution in [0.15, 0.2) is 18.2 Å². The van der Waals surface area contributed by atoms with Gasteiger partial charge in [-0.25, -0.2) is 0 Å². The summed E-state index contributed by atoms with van der Waals surface area (Å²) in [6.07, 6.45) is 5.29. The van der Waals surface area contributed by atoms with E-state index in [1.54, 1.807) is 32.0 Å². The van der Waals surface area contributed by atoms with Crippen LogP contribution < -0.4 is 4.74 Å². The predicted molar refractivity (Wildman–Crippen MR) is 59.7 cm³/mol. The molecule has 1 rings (SSSR count). The largest absolute Gasteiger partial charge is 0.474 e. The molecule has 0 radical (unpaired) electrons. The molecule has 0 aromatic heterocycles.